The molecule has 0 radical (unpaired) electrons. The summed E-state index contributed by atoms with van der Waals surface area (Å²) in [7, 11) is 0. The van der Waals surface area contributed by atoms with Crippen molar-refractivity contribution in [3.8, 4) is 0 Å². The number of hydrogen-bond donors (Lipinski definition) is 1. The summed E-state index contributed by atoms with van der Waals surface area (Å²) in [4.78, 5) is 7.13. The standard InChI is InChI=1S/C14H29N3OS.HI/c1-4-13-12-17(9-11-19-13)14(15-5-2)16-8-7-10-18-6-3;/h13H,4-12H2,1-3H3,(H,15,16);1H. The number of hydrogen-bond acceptors (Lipinski definition) is 3. The maximum Gasteiger partial charge on any atom is 0.193 e. The van der Waals surface area contributed by atoms with Crippen molar-refractivity contribution in [2.75, 3.05) is 45.1 Å². The average Bonchev–Trinajstić information content (AvgIpc) is 2.46. The van der Waals surface area contributed by atoms with E-state index in [4.69, 9.17) is 9.73 Å². The van der Waals surface area contributed by atoms with Gasteiger partial charge in [0, 0.05) is 50.4 Å². The highest BCUT2D eigenvalue weighted by Crippen LogP contribution is 2.20. The van der Waals surface area contributed by atoms with Gasteiger partial charge >= 0.3 is 0 Å². The van der Waals surface area contributed by atoms with Crippen LogP contribution in [-0.2, 0) is 4.74 Å². The molecule has 1 heterocycles. The van der Waals surface area contributed by atoms with Crippen LogP contribution >= 0.6 is 35.7 Å². The fraction of sp³-hybridized carbons (Fsp3) is 0.929. The minimum atomic E-state index is 0. The van der Waals surface area contributed by atoms with Gasteiger partial charge in [-0.1, -0.05) is 6.92 Å². The van der Waals surface area contributed by atoms with Gasteiger partial charge < -0.3 is 15.0 Å². The fourth-order valence-corrected chi connectivity index (χ4v) is 3.26. The summed E-state index contributed by atoms with van der Waals surface area (Å²) in [6, 6.07) is 0. The van der Waals surface area contributed by atoms with E-state index in [9.17, 15) is 0 Å². The summed E-state index contributed by atoms with van der Waals surface area (Å²) < 4.78 is 5.35. The van der Waals surface area contributed by atoms with Crippen LogP contribution in [0.15, 0.2) is 4.99 Å². The number of nitrogens with zero attached hydrogens (tertiary/aromatic N) is 2. The van der Waals surface area contributed by atoms with Crippen molar-refractivity contribution in [3.05, 3.63) is 0 Å². The van der Waals surface area contributed by atoms with Crippen molar-refractivity contribution >= 4 is 41.7 Å². The first-order valence-corrected chi connectivity index (χ1v) is 8.59. The third-order valence-electron chi connectivity index (χ3n) is 3.14. The first-order valence-electron chi connectivity index (χ1n) is 7.54. The highest BCUT2D eigenvalue weighted by atomic mass is 127. The maximum atomic E-state index is 5.35. The van der Waals surface area contributed by atoms with Gasteiger partial charge in [-0.25, -0.2) is 0 Å². The molecule has 0 aromatic heterocycles. The van der Waals surface area contributed by atoms with Crippen LogP contribution in [0.1, 0.15) is 33.6 Å². The normalized spacial score (nSPS) is 19.6. The molecule has 1 aliphatic rings. The molecular formula is C14H30IN3OS. The van der Waals surface area contributed by atoms with E-state index in [0.29, 0.717) is 0 Å². The van der Waals surface area contributed by atoms with Crippen molar-refractivity contribution in [2.24, 2.45) is 4.99 Å². The SMILES string of the molecule is CCNC(=NCCCOCC)N1CCSC(CC)C1.I. The Kier molecular flexibility index (Phi) is 13.2. The van der Waals surface area contributed by atoms with Gasteiger partial charge in [-0.15, -0.1) is 24.0 Å². The highest BCUT2D eigenvalue weighted by molar-refractivity contribution is 14.0. The van der Waals surface area contributed by atoms with E-state index < -0.39 is 0 Å². The Labute approximate surface area is 145 Å². The van der Waals surface area contributed by atoms with E-state index in [1.54, 1.807) is 0 Å². The summed E-state index contributed by atoms with van der Waals surface area (Å²) >= 11 is 2.09. The van der Waals surface area contributed by atoms with Gasteiger partial charge in [0.1, 0.15) is 0 Å². The molecule has 120 valence electrons. The van der Waals surface area contributed by atoms with E-state index in [-0.39, 0.29) is 24.0 Å². The minimum absolute atomic E-state index is 0. The molecule has 1 aliphatic heterocycles. The average molecular weight is 415 g/mol. The van der Waals surface area contributed by atoms with Gasteiger partial charge in [0.25, 0.3) is 0 Å². The topological polar surface area (TPSA) is 36.9 Å². The smallest absolute Gasteiger partial charge is 0.193 e. The molecule has 0 aromatic rings. The first kappa shape index (κ1) is 20.3. The van der Waals surface area contributed by atoms with Gasteiger partial charge in [-0.2, -0.15) is 11.8 Å². The number of halogens is 1. The zero-order valence-electron chi connectivity index (χ0n) is 13.1. The lowest BCUT2D eigenvalue weighted by Crippen LogP contribution is -2.48. The van der Waals surface area contributed by atoms with E-state index >= 15 is 0 Å². The van der Waals surface area contributed by atoms with Crippen LogP contribution in [0.25, 0.3) is 0 Å². The van der Waals surface area contributed by atoms with E-state index in [1.807, 2.05) is 6.92 Å². The van der Waals surface area contributed by atoms with Gasteiger partial charge in [-0.3, -0.25) is 4.99 Å². The van der Waals surface area contributed by atoms with Gasteiger partial charge in [-0.05, 0) is 26.7 Å². The molecule has 1 atom stereocenters. The molecule has 4 nitrogen and oxygen atoms in total. The molecule has 6 heteroatoms. The van der Waals surface area contributed by atoms with Gasteiger partial charge in [0.05, 0.1) is 0 Å². The van der Waals surface area contributed by atoms with Crippen molar-refractivity contribution in [1.29, 1.82) is 0 Å². The number of ether oxygens (including phenoxy) is 1. The molecular weight excluding hydrogens is 385 g/mol. The molecule has 0 saturated carbocycles. The van der Waals surface area contributed by atoms with Crippen molar-refractivity contribution in [1.82, 2.24) is 10.2 Å². The number of rotatable bonds is 7. The Morgan fingerprint density at radius 1 is 1.40 bits per heavy atom. The molecule has 1 N–H and O–H groups in total. The summed E-state index contributed by atoms with van der Waals surface area (Å²) in [6.45, 7) is 12.1. The molecule has 0 aliphatic carbocycles. The maximum absolute atomic E-state index is 5.35. The van der Waals surface area contributed by atoms with Crippen LogP contribution in [-0.4, -0.2) is 61.3 Å². The summed E-state index contributed by atoms with van der Waals surface area (Å²) in [5.74, 6) is 2.29. The Morgan fingerprint density at radius 2 is 2.20 bits per heavy atom. The lowest BCUT2D eigenvalue weighted by molar-refractivity contribution is 0.146. The van der Waals surface area contributed by atoms with E-state index in [0.717, 1.165) is 57.0 Å². The van der Waals surface area contributed by atoms with Gasteiger partial charge in [0.2, 0.25) is 0 Å². The Morgan fingerprint density at radius 3 is 2.85 bits per heavy atom. The first-order chi connectivity index (χ1) is 9.31. The Bertz CT molecular complexity index is 267. The summed E-state index contributed by atoms with van der Waals surface area (Å²) in [5.41, 5.74) is 0. The third-order valence-corrected chi connectivity index (χ3v) is 4.51. The van der Waals surface area contributed by atoms with E-state index in [1.165, 1.54) is 12.2 Å². The Hall–Kier alpha value is 0.310. The van der Waals surface area contributed by atoms with Crippen LogP contribution in [0, 0.1) is 0 Å². The second-order valence-corrected chi connectivity index (χ2v) is 6.04. The lowest BCUT2D eigenvalue weighted by Gasteiger charge is -2.34. The number of aliphatic imine (C=N–C) groups is 1. The number of nitrogens with one attached hydrogen (secondary N) is 1. The summed E-state index contributed by atoms with van der Waals surface area (Å²) in [5, 5.41) is 4.16. The molecule has 0 bridgehead atoms. The third kappa shape index (κ3) is 7.93. The summed E-state index contributed by atoms with van der Waals surface area (Å²) in [6.07, 6.45) is 2.24. The quantitative estimate of drug-likeness (QED) is 0.300. The fourth-order valence-electron chi connectivity index (χ4n) is 2.08. The van der Waals surface area contributed by atoms with Crippen LogP contribution in [0.3, 0.4) is 0 Å². The Balaban J connectivity index is 0.00000361. The predicted molar refractivity (Wildman–Crippen MR) is 101 cm³/mol. The molecule has 1 fully saturated rings. The second kappa shape index (κ2) is 13.0. The van der Waals surface area contributed by atoms with Crippen LogP contribution in [0.2, 0.25) is 0 Å². The zero-order valence-corrected chi connectivity index (χ0v) is 16.2. The largest absolute Gasteiger partial charge is 0.382 e. The van der Waals surface area contributed by atoms with Crippen LogP contribution in [0.5, 0.6) is 0 Å². The molecule has 0 aromatic carbocycles. The second-order valence-electron chi connectivity index (χ2n) is 4.63. The minimum Gasteiger partial charge on any atom is -0.382 e. The van der Waals surface area contributed by atoms with Gasteiger partial charge in [0.15, 0.2) is 5.96 Å². The van der Waals surface area contributed by atoms with Crippen LogP contribution in [0.4, 0.5) is 0 Å². The molecule has 1 unspecified atom stereocenters. The molecule has 0 spiro atoms. The highest BCUT2D eigenvalue weighted by Gasteiger charge is 2.21. The molecule has 20 heavy (non-hydrogen) atoms. The number of thioether (sulfide) groups is 1. The monoisotopic (exact) mass is 415 g/mol. The number of guanidine groups is 1. The molecule has 1 saturated heterocycles. The lowest BCUT2D eigenvalue weighted by atomic mass is 10.3. The van der Waals surface area contributed by atoms with Crippen LogP contribution < -0.4 is 5.32 Å². The van der Waals surface area contributed by atoms with Crippen molar-refractivity contribution in [2.45, 2.75) is 38.9 Å². The molecule has 1 rings (SSSR count). The van der Waals surface area contributed by atoms with E-state index in [2.05, 4.69) is 35.8 Å². The van der Waals surface area contributed by atoms with Crippen molar-refractivity contribution < 1.29 is 4.74 Å². The zero-order chi connectivity index (χ0) is 13.9. The van der Waals surface area contributed by atoms with Crippen molar-refractivity contribution in [3.63, 3.8) is 0 Å². The predicted octanol–water partition coefficient (Wildman–Crippen LogP) is 2.82. The molecule has 0 amide bonds.